The fraction of sp³-hybridized carbons (Fsp3) is 0.217. The summed E-state index contributed by atoms with van der Waals surface area (Å²) >= 11 is 1.24. The molecule has 0 fully saturated rings. The molecule has 8 nitrogen and oxygen atoms in total. The fourth-order valence-electron chi connectivity index (χ4n) is 3.11. The summed E-state index contributed by atoms with van der Waals surface area (Å²) in [6.07, 6.45) is 0.617. The molecule has 4 amide bonds. The number of thiazole rings is 1. The van der Waals surface area contributed by atoms with Crippen molar-refractivity contribution in [1.82, 2.24) is 15.2 Å². The van der Waals surface area contributed by atoms with Gasteiger partial charge in [0.25, 0.3) is 11.8 Å². The van der Waals surface area contributed by atoms with E-state index in [4.69, 9.17) is 5.73 Å². The van der Waals surface area contributed by atoms with Crippen LogP contribution in [0.2, 0.25) is 0 Å². The van der Waals surface area contributed by atoms with E-state index in [0.29, 0.717) is 34.9 Å². The highest BCUT2D eigenvalue weighted by atomic mass is 32.1. The van der Waals surface area contributed by atoms with Gasteiger partial charge >= 0.3 is 6.03 Å². The predicted octanol–water partition coefficient (Wildman–Crippen LogP) is 4.06. The van der Waals surface area contributed by atoms with Crippen molar-refractivity contribution in [1.29, 1.82) is 0 Å². The first-order valence-corrected chi connectivity index (χ1v) is 11.0. The molecule has 0 radical (unpaired) electrons. The average Bonchev–Trinajstić information content (AvgIpc) is 3.25. The van der Waals surface area contributed by atoms with Gasteiger partial charge < -0.3 is 16.4 Å². The summed E-state index contributed by atoms with van der Waals surface area (Å²) in [6, 6.07) is 13.9. The zero-order valence-corrected chi connectivity index (χ0v) is 18.7. The molecule has 0 saturated carbocycles. The quantitative estimate of drug-likeness (QED) is 0.477. The molecule has 0 bridgehead atoms. The Morgan fingerprint density at radius 1 is 1.12 bits per heavy atom. The third-order valence-corrected chi connectivity index (χ3v) is 5.58. The van der Waals surface area contributed by atoms with E-state index in [-0.39, 0.29) is 12.5 Å². The number of hydrogen-bond acceptors (Lipinski definition) is 6. The van der Waals surface area contributed by atoms with Crippen LogP contribution in [0.25, 0.3) is 0 Å². The van der Waals surface area contributed by atoms with Crippen molar-refractivity contribution in [2.24, 2.45) is 5.73 Å². The monoisotopic (exact) mass is 451 g/mol. The standard InChI is InChI=1S/C23H25N5O3S/c1-3-11-28(23(24)31)22(30)17-9-10-18(15(2)12-17)27-20-19(32-14-26-20)21(29)25-13-16-7-5-4-6-8-16/h4-10,12,14,27H,3,11,13H2,1-2H3,(H2,24,31)(H,25,29). The smallest absolute Gasteiger partial charge is 0.321 e. The summed E-state index contributed by atoms with van der Waals surface area (Å²) < 4.78 is 0. The summed E-state index contributed by atoms with van der Waals surface area (Å²) in [4.78, 5) is 42.6. The number of hydrogen-bond donors (Lipinski definition) is 3. The highest BCUT2D eigenvalue weighted by Crippen LogP contribution is 2.26. The molecule has 0 spiro atoms. The molecule has 0 unspecified atom stereocenters. The molecule has 0 aliphatic rings. The van der Waals surface area contributed by atoms with Gasteiger partial charge in [0.05, 0.1) is 5.51 Å². The van der Waals surface area contributed by atoms with Crippen LogP contribution in [0.3, 0.4) is 0 Å². The minimum Gasteiger partial charge on any atom is -0.351 e. The lowest BCUT2D eigenvalue weighted by Crippen LogP contribution is -2.41. The molecule has 4 N–H and O–H groups in total. The number of aryl methyl sites for hydroxylation is 1. The van der Waals surface area contributed by atoms with E-state index >= 15 is 0 Å². The Bertz CT molecular complexity index is 1110. The fourth-order valence-corrected chi connectivity index (χ4v) is 3.77. The van der Waals surface area contributed by atoms with Gasteiger partial charge in [0, 0.05) is 24.3 Å². The van der Waals surface area contributed by atoms with Crippen LogP contribution in [0, 0.1) is 6.92 Å². The minimum atomic E-state index is -0.773. The number of nitrogens with one attached hydrogen (secondary N) is 2. The van der Waals surface area contributed by atoms with Crippen molar-refractivity contribution in [3.8, 4) is 0 Å². The van der Waals surface area contributed by atoms with Gasteiger partial charge in [-0.2, -0.15) is 0 Å². The number of imide groups is 1. The van der Waals surface area contributed by atoms with Crippen molar-refractivity contribution < 1.29 is 14.4 Å². The number of carbonyl (C=O) groups excluding carboxylic acids is 3. The normalized spacial score (nSPS) is 10.4. The highest BCUT2D eigenvalue weighted by Gasteiger charge is 2.21. The molecule has 32 heavy (non-hydrogen) atoms. The number of rotatable bonds is 8. The predicted molar refractivity (Wildman–Crippen MR) is 125 cm³/mol. The van der Waals surface area contributed by atoms with E-state index in [9.17, 15) is 14.4 Å². The van der Waals surface area contributed by atoms with E-state index in [1.165, 1.54) is 11.3 Å². The number of anilines is 2. The Morgan fingerprint density at radius 2 is 1.88 bits per heavy atom. The van der Waals surface area contributed by atoms with Crippen LogP contribution in [-0.4, -0.2) is 34.3 Å². The molecule has 2 aromatic carbocycles. The number of primary amides is 1. The minimum absolute atomic E-state index is 0.222. The van der Waals surface area contributed by atoms with E-state index in [1.807, 2.05) is 44.2 Å². The molecule has 9 heteroatoms. The average molecular weight is 452 g/mol. The van der Waals surface area contributed by atoms with Crippen molar-refractivity contribution in [3.05, 3.63) is 75.6 Å². The van der Waals surface area contributed by atoms with Crippen LogP contribution < -0.4 is 16.4 Å². The second kappa shape index (κ2) is 10.5. The first-order chi connectivity index (χ1) is 15.4. The molecular formula is C23H25N5O3S. The summed E-state index contributed by atoms with van der Waals surface area (Å²) in [7, 11) is 0. The number of urea groups is 1. The van der Waals surface area contributed by atoms with Crippen molar-refractivity contribution in [3.63, 3.8) is 0 Å². The lowest BCUT2D eigenvalue weighted by molar-refractivity contribution is 0.0807. The van der Waals surface area contributed by atoms with Crippen molar-refractivity contribution in [2.45, 2.75) is 26.8 Å². The Hall–Kier alpha value is -3.72. The zero-order chi connectivity index (χ0) is 23.1. The first kappa shape index (κ1) is 23.0. The number of carbonyl (C=O) groups is 3. The SMILES string of the molecule is CCCN(C(N)=O)C(=O)c1ccc(Nc2ncsc2C(=O)NCc2ccccc2)c(C)c1. The van der Waals surface area contributed by atoms with Crippen LogP contribution in [0.5, 0.6) is 0 Å². The van der Waals surface area contributed by atoms with Gasteiger partial charge in [-0.3, -0.25) is 14.5 Å². The van der Waals surface area contributed by atoms with Crippen LogP contribution in [0.4, 0.5) is 16.3 Å². The van der Waals surface area contributed by atoms with E-state index in [2.05, 4.69) is 15.6 Å². The van der Waals surface area contributed by atoms with Gasteiger partial charge in [-0.25, -0.2) is 9.78 Å². The van der Waals surface area contributed by atoms with Gasteiger partial charge in [-0.15, -0.1) is 11.3 Å². The number of benzene rings is 2. The van der Waals surface area contributed by atoms with Gasteiger partial charge in [-0.05, 0) is 42.7 Å². The zero-order valence-electron chi connectivity index (χ0n) is 17.9. The van der Waals surface area contributed by atoms with Crippen molar-refractivity contribution >= 4 is 40.7 Å². The second-order valence-corrected chi connectivity index (χ2v) is 8.00. The summed E-state index contributed by atoms with van der Waals surface area (Å²) in [5, 5.41) is 6.06. The Labute approximate surface area is 190 Å². The lowest BCUT2D eigenvalue weighted by Gasteiger charge is -2.18. The third kappa shape index (κ3) is 5.50. The van der Waals surface area contributed by atoms with Crippen LogP contribution in [0.1, 0.15) is 44.5 Å². The summed E-state index contributed by atoms with van der Waals surface area (Å²) in [5.74, 6) is -0.226. The molecular weight excluding hydrogens is 426 g/mol. The number of nitrogens with zero attached hydrogens (tertiary/aromatic N) is 2. The summed E-state index contributed by atoms with van der Waals surface area (Å²) in [5.41, 5.74) is 9.76. The maximum Gasteiger partial charge on any atom is 0.321 e. The molecule has 3 rings (SSSR count). The molecule has 0 aliphatic carbocycles. The van der Waals surface area contributed by atoms with Crippen LogP contribution in [0.15, 0.2) is 54.0 Å². The molecule has 0 aliphatic heterocycles. The van der Waals surface area contributed by atoms with Gasteiger partial charge in [0.1, 0.15) is 4.88 Å². The topological polar surface area (TPSA) is 117 Å². The van der Waals surface area contributed by atoms with Gasteiger partial charge in [0.2, 0.25) is 0 Å². The van der Waals surface area contributed by atoms with E-state index in [1.54, 1.807) is 23.7 Å². The maximum atomic E-state index is 12.6. The Balaban J connectivity index is 1.72. The number of nitrogens with two attached hydrogens (primary N) is 1. The third-order valence-electron chi connectivity index (χ3n) is 4.75. The molecule has 1 aromatic heterocycles. The highest BCUT2D eigenvalue weighted by molar-refractivity contribution is 7.12. The number of amides is 4. The largest absolute Gasteiger partial charge is 0.351 e. The Kier molecular flexibility index (Phi) is 7.56. The van der Waals surface area contributed by atoms with E-state index < -0.39 is 11.9 Å². The number of aromatic nitrogens is 1. The van der Waals surface area contributed by atoms with Gasteiger partial charge in [-0.1, -0.05) is 37.3 Å². The molecule has 0 saturated heterocycles. The molecule has 3 aromatic rings. The molecule has 0 atom stereocenters. The van der Waals surface area contributed by atoms with E-state index in [0.717, 1.165) is 16.0 Å². The van der Waals surface area contributed by atoms with Crippen molar-refractivity contribution in [2.75, 3.05) is 11.9 Å². The van der Waals surface area contributed by atoms with Crippen LogP contribution >= 0.6 is 11.3 Å². The summed E-state index contributed by atoms with van der Waals surface area (Å²) in [6.45, 7) is 4.37. The second-order valence-electron chi connectivity index (χ2n) is 7.15. The lowest BCUT2D eigenvalue weighted by atomic mass is 10.1. The molecule has 166 valence electrons. The Morgan fingerprint density at radius 3 is 2.53 bits per heavy atom. The van der Waals surface area contributed by atoms with Crippen LogP contribution in [-0.2, 0) is 6.54 Å². The molecule has 1 heterocycles. The first-order valence-electron chi connectivity index (χ1n) is 10.1. The van der Waals surface area contributed by atoms with Gasteiger partial charge in [0.15, 0.2) is 5.82 Å². The maximum absolute atomic E-state index is 12.6.